The summed E-state index contributed by atoms with van der Waals surface area (Å²) in [5, 5.41) is 0. The van der Waals surface area contributed by atoms with Crippen LogP contribution in [0.5, 0.6) is 0 Å². The molecule has 0 aliphatic carbocycles. The molecule has 24 heavy (non-hydrogen) atoms. The van der Waals surface area contributed by atoms with Gasteiger partial charge >= 0.3 is 10.2 Å². The van der Waals surface area contributed by atoms with Crippen LogP contribution < -0.4 is 9.03 Å². The van der Waals surface area contributed by atoms with E-state index in [0.717, 1.165) is 29.5 Å². The fourth-order valence-corrected chi connectivity index (χ4v) is 4.13. The van der Waals surface area contributed by atoms with Crippen molar-refractivity contribution in [3.63, 3.8) is 0 Å². The molecule has 0 aromatic heterocycles. The number of fused-ring (bicyclic) bond motifs is 1. The molecular formula is C18H20N2O3S. The van der Waals surface area contributed by atoms with E-state index in [-0.39, 0.29) is 0 Å². The second-order valence-corrected chi connectivity index (χ2v) is 7.63. The minimum absolute atomic E-state index is 0.340. The molecular weight excluding hydrogens is 324 g/mol. The molecule has 1 heterocycles. The van der Waals surface area contributed by atoms with Crippen LogP contribution in [0.3, 0.4) is 0 Å². The summed E-state index contributed by atoms with van der Waals surface area (Å²) in [4.78, 5) is 12.4. The first kappa shape index (κ1) is 16.5. The highest BCUT2D eigenvalue weighted by atomic mass is 32.2. The monoisotopic (exact) mass is 344 g/mol. The van der Waals surface area contributed by atoms with Crippen LogP contribution in [0.4, 0.5) is 5.69 Å². The highest BCUT2D eigenvalue weighted by molar-refractivity contribution is 7.91. The van der Waals surface area contributed by atoms with Crippen molar-refractivity contribution in [3.05, 3.63) is 64.7 Å². The zero-order valence-electron chi connectivity index (χ0n) is 13.7. The van der Waals surface area contributed by atoms with Crippen LogP contribution in [0.15, 0.2) is 42.5 Å². The molecule has 0 bridgehead atoms. The minimum atomic E-state index is -3.93. The Morgan fingerprint density at radius 3 is 2.58 bits per heavy atom. The van der Waals surface area contributed by atoms with Crippen molar-refractivity contribution in [2.24, 2.45) is 0 Å². The Hall–Kier alpha value is -2.34. The molecule has 6 heteroatoms. The second kappa shape index (κ2) is 6.28. The van der Waals surface area contributed by atoms with Gasteiger partial charge in [0.25, 0.3) is 5.91 Å². The first-order chi connectivity index (χ1) is 11.4. The number of para-hydroxylation sites is 1. The number of nitrogens with one attached hydrogen (secondary N) is 1. The molecule has 0 spiro atoms. The number of hydrogen-bond donors (Lipinski definition) is 1. The van der Waals surface area contributed by atoms with Crippen LogP contribution in [0.2, 0.25) is 0 Å². The van der Waals surface area contributed by atoms with Gasteiger partial charge in [-0.25, -0.2) is 4.72 Å². The van der Waals surface area contributed by atoms with Gasteiger partial charge < -0.3 is 0 Å². The number of anilines is 1. The maximum absolute atomic E-state index is 12.7. The third-order valence-electron chi connectivity index (χ3n) is 4.35. The molecule has 0 radical (unpaired) electrons. The number of amides is 1. The van der Waals surface area contributed by atoms with Gasteiger partial charge in [0, 0.05) is 12.1 Å². The molecule has 126 valence electrons. The van der Waals surface area contributed by atoms with Crippen molar-refractivity contribution < 1.29 is 13.2 Å². The van der Waals surface area contributed by atoms with Crippen molar-refractivity contribution in [2.45, 2.75) is 26.7 Å². The molecule has 0 atom stereocenters. The van der Waals surface area contributed by atoms with Gasteiger partial charge in [0.2, 0.25) is 0 Å². The van der Waals surface area contributed by atoms with E-state index in [1.54, 1.807) is 24.3 Å². The fraction of sp³-hybridized carbons (Fsp3) is 0.278. The average molecular weight is 344 g/mol. The van der Waals surface area contributed by atoms with Crippen molar-refractivity contribution in [1.29, 1.82) is 0 Å². The van der Waals surface area contributed by atoms with Gasteiger partial charge in [0.05, 0.1) is 5.69 Å². The van der Waals surface area contributed by atoms with Crippen molar-refractivity contribution in [3.8, 4) is 0 Å². The molecule has 2 aromatic carbocycles. The van der Waals surface area contributed by atoms with Gasteiger partial charge in [-0.05, 0) is 61.6 Å². The van der Waals surface area contributed by atoms with Crippen molar-refractivity contribution in [1.82, 2.24) is 4.72 Å². The van der Waals surface area contributed by atoms with Crippen LogP contribution in [0.1, 0.15) is 33.5 Å². The third-order valence-corrected chi connectivity index (χ3v) is 5.75. The Bertz CT molecular complexity index is 891. The van der Waals surface area contributed by atoms with E-state index < -0.39 is 16.1 Å². The minimum Gasteiger partial charge on any atom is -0.268 e. The Kier molecular flexibility index (Phi) is 4.32. The highest BCUT2D eigenvalue weighted by Crippen LogP contribution is 2.28. The topological polar surface area (TPSA) is 66.5 Å². The Balaban J connectivity index is 1.87. The molecule has 0 saturated carbocycles. The number of carbonyl (C=O) groups is 1. The molecule has 0 unspecified atom stereocenters. The predicted octanol–water partition coefficient (Wildman–Crippen LogP) is 2.73. The zero-order valence-corrected chi connectivity index (χ0v) is 14.6. The fourth-order valence-electron chi connectivity index (χ4n) is 2.86. The number of rotatable bonds is 3. The lowest BCUT2D eigenvalue weighted by Gasteiger charge is -2.30. The van der Waals surface area contributed by atoms with Crippen molar-refractivity contribution in [2.75, 3.05) is 10.8 Å². The smallest absolute Gasteiger partial charge is 0.268 e. The molecule has 0 saturated heterocycles. The van der Waals surface area contributed by atoms with Crippen LogP contribution in [0.25, 0.3) is 0 Å². The van der Waals surface area contributed by atoms with E-state index in [4.69, 9.17) is 0 Å². The summed E-state index contributed by atoms with van der Waals surface area (Å²) < 4.78 is 28.8. The van der Waals surface area contributed by atoms with Crippen LogP contribution >= 0.6 is 0 Å². The lowest BCUT2D eigenvalue weighted by molar-refractivity contribution is 0.0981. The molecule has 1 aliphatic rings. The summed E-state index contributed by atoms with van der Waals surface area (Å²) in [6, 6.07) is 12.5. The molecule has 1 amide bonds. The quantitative estimate of drug-likeness (QED) is 0.931. The van der Waals surface area contributed by atoms with E-state index in [9.17, 15) is 13.2 Å². The molecule has 2 aromatic rings. The molecule has 1 N–H and O–H groups in total. The van der Waals surface area contributed by atoms with Gasteiger partial charge in [-0.1, -0.05) is 24.3 Å². The van der Waals surface area contributed by atoms with Gasteiger partial charge in [-0.2, -0.15) is 8.42 Å². The first-order valence-corrected chi connectivity index (χ1v) is 9.32. The van der Waals surface area contributed by atoms with Crippen LogP contribution in [0, 0.1) is 13.8 Å². The summed E-state index contributed by atoms with van der Waals surface area (Å²) in [6.45, 7) is 4.20. The zero-order chi connectivity index (χ0) is 17.3. The number of aryl methyl sites for hydroxylation is 3. The number of benzene rings is 2. The maximum atomic E-state index is 12.7. The second-order valence-electron chi connectivity index (χ2n) is 6.04. The maximum Gasteiger partial charge on any atom is 0.326 e. The molecule has 1 aliphatic heterocycles. The SMILES string of the molecule is Cc1ccc(C(=O)NS(=O)(=O)N2CCCc3ccccc32)cc1C. The third kappa shape index (κ3) is 3.14. The highest BCUT2D eigenvalue weighted by Gasteiger charge is 2.29. The first-order valence-electron chi connectivity index (χ1n) is 7.88. The summed E-state index contributed by atoms with van der Waals surface area (Å²) in [6.07, 6.45) is 1.57. The summed E-state index contributed by atoms with van der Waals surface area (Å²) in [5.41, 5.74) is 3.96. The predicted molar refractivity (Wildman–Crippen MR) is 94.4 cm³/mol. The van der Waals surface area contributed by atoms with Gasteiger partial charge in [-0.15, -0.1) is 0 Å². The normalized spacial score (nSPS) is 14.2. The summed E-state index contributed by atoms with van der Waals surface area (Å²) in [5.74, 6) is -0.610. The Labute approximate surface area is 142 Å². The van der Waals surface area contributed by atoms with Crippen molar-refractivity contribution >= 4 is 21.8 Å². The standard InChI is InChI=1S/C18H20N2O3S/c1-13-9-10-16(12-14(13)2)18(21)19-24(22,23)20-11-5-7-15-6-3-4-8-17(15)20/h3-4,6,8-10,12H,5,7,11H2,1-2H3,(H,19,21). The number of nitrogens with zero attached hydrogens (tertiary/aromatic N) is 1. The van der Waals surface area contributed by atoms with Crippen LogP contribution in [-0.4, -0.2) is 20.9 Å². The summed E-state index contributed by atoms with van der Waals surface area (Å²) >= 11 is 0. The average Bonchev–Trinajstić information content (AvgIpc) is 2.56. The van der Waals surface area contributed by atoms with Crippen LogP contribution in [-0.2, 0) is 16.6 Å². The molecule has 5 nitrogen and oxygen atoms in total. The van der Waals surface area contributed by atoms with E-state index in [0.29, 0.717) is 17.8 Å². The molecule has 3 rings (SSSR count). The van der Waals surface area contributed by atoms with E-state index in [2.05, 4.69) is 4.72 Å². The summed E-state index contributed by atoms with van der Waals surface area (Å²) in [7, 11) is -3.93. The number of hydrogen-bond acceptors (Lipinski definition) is 3. The molecule has 0 fully saturated rings. The van der Waals surface area contributed by atoms with Gasteiger partial charge in [0.15, 0.2) is 0 Å². The Morgan fingerprint density at radius 2 is 1.83 bits per heavy atom. The van der Waals surface area contributed by atoms with E-state index >= 15 is 0 Å². The van der Waals surface area contributed by atoms with E-state index in [1.165, 1.54) is 4.31 Å². The largest absolute Gasteiger partial charge is 0.326 e. The van der Waals surface area contributed by atoms with Gasteiger partial charge in [0.1, 0.15) is 0 Å². The van der Waals surface area contributed by atoms with E-state index in [1.807, 2.05) is 32.0 Å². The number of carbonyl (C=O) groups excluding carboxylic acids is 1. The lowest BCUT2D eigenvalue weighted by Crippen LogP contribution is -2.45. The lowest BCUT2D eigenvalue weighted by atomic mass is 10.0. The van der Waals surface area contributed by atoms with Gasteiger partial charge in [-0.3, -0.25) is 9.10 Å². The Morgan fingerprint density at radius 1 is 1.08 bits per heavy atom.